The molecule has 0 unspecified atom stereocenters. The summed E-state index contributed by atoms with van der Waals surface area (Å²) < 4.78 is 0. The average molecular weight is 249 g/mol. The third-order valence-corrected chi connectivity index (χ3v) is 3.31. The minimum absolute atomic E-state index is 0.0815. The molecule has 0 aliphatic carbocycles. The molecule has 0 saturated carbocycles. The van der Waals surface area contributed by atoms with Gasteiger partial charge in [-0.1, -0.05) is 0 Å². The maximum atomic E-state index is 11.8. The first kappa shape index (κ1) is 11.5. The molecule has 2 N–H and O–H groups in total. The van der Waals surface area contributed by atoms with Crippen molar-refractivity contribution in [1.29, 1.82) is 0 Å². The first-order valence-corrected chi connectivity index (χ1v) is 5.82. The van der Waals surface area contributed by atoms with Gasteiger partial charge in [0, 0.05) is 23.3 Å². The number of aromatic nitrogens is 2. The quantitative estimate of drug-likeness (QED) is 0.850. The highest BCUT2D eigenvalue weighted by molar-refractivity contribution is 7.15. The number of hydrogen-bond donors (Lipinski definition) is 2. The highest BCUT2D eigenvalue weighted by atomic mass is 32.1. The van der Waals surface area contributed by atoms with Crippen molar-refractivity contribution in [1.82, 2.24) is 9.97 Å². The standard InChI is InChI=1S/C11H11N3O2S/c1-6-7(2)17-11(13-6)14-10(16)8-5-12-4-3-9(8)15/h3-5H,1-2H3,(H,12,15)(H,13,14,16). The number of nitrogens with zero attached hydrogens (tertiary/aromatic N) is 1. The Morgan fingerprint density at radius 2 is 2.24 bits per heavy atom. The van der Waals surface area contributed by atoms with Crippen LogP contribution in [0, 0.1) is 13.8 Å². The largest absolute Gasteiger partial charge is 0.367 e. The summed E-state index contributed by atoms with van der Waals surface area (Å²) in [6.07, 6.45) is 2.86. The number of amides is 1. The molecule has 5 nitrogen and oxygen atoms in total. The van der Waals surface area contributed by atoms with Crippen molar-refractivity contribution in [3.8, 4) is 0 Å². The van der Waals surface area contributed by atoms with E-state index in [0.717, 1.165) is 10.6 Å². The van der Waals surface area contributed by atoms with Gasteiger partial charge < -0.3 is 4.98 Å². The van der Waals surface area contributed by atoms with Crippen LogP contribution in [0.2, 0.25) is 0 Å². The lowest BCUT2D eigenvalue weighted by atomic mass is 10.2. The van der Waals surface area contributed by atoms with Crippen LogP contribution in [0.4, 0.5) is 5.13 Å². The van der Waals surface area contributed by atoms with Crippen molar-refractivity contribution < 1.29 is 4.79 Å². The average Bonchev–Trinajstić information content (AvgIpc) is 2.58. The normalized spacial score (nSPS) is 10.2. The third kappa shape index (κ3) is 2.42. The van der Waals surface area contributed by atoms with Crippen LogP contribution in [0.5, 0.6) is 0 Å². The summed E-state index contributed by atoms with van der Waals surface area (Å²) in [4.78, 5) is 31.1. The third-order valence-electron chi connectivity index (χ3n) is 2.32. The molecule has 1 amide bonds. The summed E-state index contributed by atoms with van der Waals surface area (Å²) in [5.41, 5.74) is 0.650. The van der Waals surface area contributed by atoms with E-state index in [9.17, 15) is 9.59 Å². The van der Waals surface area contributed by atoms with E-state index >= 15 is 0 Å². The van der Waals surface area contributed by atoms with Gasteiger partial charge in [-0.25, -0.2) is 4.98 Å². The van der Waals surface area contributed by atoms with Crippen molar-refractivity contribution >= 4 is 22.4 Å². The van der Waals surface area contributed by atoms with Gasteiger partial charge in [-0.2, -0.15) is 0 Å². The molecule has 0 fully saturated rings. The molecule has 0 aliphatic heterocycles. The molecule has 0 saturated heterocycles. The Balaban J connectivity index is 2.23. The Labute approximate surface area is 102 Å². The van der Waals surface area contributed by atoms with Gasteiger partial charge in [0.15, 0.2) is 10.6 Å². The molecule has 2 heterocycles. The minimum Gasteiger partial charge on any atom is -0.367 e. The molecule has 0 spiro atoms. The summed E-state index contributed by atoms with van der Waals surface area (Å²) in [7, 11) is 0. The molecule has 17 heavy (non-hydrogen) atoms. The van der Waals surface area contributed by atoms with Crippen molar-refractivity contribution in [2.75, 3.05) is 5.32 Å². The second kappa shape index (κ2) is 4.50. The Morgan fingerprint density at radius 1 is 1.47 bits per heavy atom. The molecule has 88 valence electrons. The smallest absolute Gasteiger partial charge is 0.262 e. The second-order valence-electron chi connectivity index (χ2n) is 3.54. The predicted molar refractivity (Wildman–Crippen MR) is 66.6 cm³/mol. The van der Waals surface area contributed by atoms with E-state index in [1.807, 2.05) is 13.8 Å². The molecule has 2 aromatic rings. The van der Waals surface area contributed by atoms with E-state index in [1.54, 1.807) is 0 Å². The predicted octanol–water partition coefficient (Wildman–Crippen LogP) is 1.70. The summed E-state index contributed by atoms with van der Waals surface area (Å²) in [6, 6.07) is 1.31. The van der Waals surface area contributed by atoms with Crippen molar-refractivity contribution in [2.45, 2.75) is 13.8 Å². The number of thiazole rings is 1. The molecule has 0 atom stereocenters. The molecule has 0 bridgehead atoms. The Hall–Kier alpha value is -1.95. The molecule has 6 heteroatoms. The zero-order valence-electron chi connectivity index (χ0n) is 9.40. The van der Waals surface area contributed by atoms with Gasteiger partial charge in [0.1, 0.15) is 5.56 Å². The van der Waals surface area contributed by atoms with Gasteiger partial charge in [0.25, 0.3) is 5.91 Å². The molecule has 0 aromatic carbocycles. The van der Waals surface area contributed by atoms with E-state index in [0.29, 0.717) is 5.13 Å². The second-order valence-corrected chi connectivity index (χ2v) is 4.74. The minimum atomic E-state index is -0.444. The number of aryl methyl sites for hydroxylation is 2. The number of H-pyrrole nitrogens is 1. The molecule has 0 aliphatic rings. The SMILES string of the molecule is Cc1nc(NC(=O)c2c[nH]ccc2=O)sc1C. The van der Waals surface area contributed by atoms with Crippen LogP contribution in [0.3, 0.4) is 0 Å². The number of rotatable bonds is 2. The number of hydrogen-bond acceptors (Lipinski definition) is 4. The van der Waals surface area contributed by atoms with Crippen LogP contribution in [0.15, 0.2) is 23.3 Å². The van der Waals surface area contributed by atoms with Crippen LogP contribution < -0.4 is 10.7 Å². The van der Waals surface area contributed by atoms with E-state index in [4.69, 9.17) is 0 Å². The van der Waals surface area contributed by atoms with Gasteiger partial charge in [-0.05, 0) is 13.8 Å². The highest BCUT2D eigenvalue weighted by Gasteiger charge is 2.12. The number of pyridine rings is 1. The molecular weight excluding hydrogens is 238 g/mol. The van der Waals surface area contributed by atoms with E-state index in [2.05, 4.69) is 15.3 Å². The first-order chi connectivity index (χ1) is 8.08. The Kier molecular flexibility index (Phi) is 3.06. The van der Waals surface area contributed by atoms with E-state index < -0.39 is 5.91 Å². The van der Waals surface area contributed by atoms with E-state index in [-0.39, 0.29) is 11.0 Å². The maximum absolute atomic E-state index is 11.8. The van der Waals surface area contributed by atoms with Gasteiger partial charge in [0.2, 0.25) is 0 Å². The maximum Gasteiger partial charge on any atom is 0.262 e. The zero-order valence-corrected chi connectivity index (χ0v) is 10.2. The Bertz CT molecular complexity index is 596. The fraction of sp³-hybridized carbons (Fsp3) is 0.182. The lowest BCUT2D eigenvalue weighted by Crippen LogP contribution is -2.20. The first-order valence-electron chi connectivity index (χ1n) is 5.00. The number of anilines is 1. The fourth-order valence-electron chi connectivity index (χ4n) is 1.28. The van der Waals surface area contributed by atoms with E-state index in [1.165, 1.54) is 29.8 Å². The van der Waals surface area contributed by atoms with Gasteiger partial charge in [0.05, 0.1) is 5.69 Å². The topological polar surface area (TPSA) is 74.8 Å². The van der Waals surface area contributed by atoms with Crippen molar-refractivity contribution in [2.24, 2.45) is 0 Å². The fourth-order valence-corrected chi connectivity index (χ4v) is 2.09. The van der Waals surface area contributed by atoms with Gasteiger partial charge >= 0.3 is 0 Å². The number of aromatic amines is 1. The van der Waals surface area contributed by atoms with Gasteiger partial charge in [-0.15, -0.1) is 11.3 Å². The summed E-state index contributed by atoms with van der Waals surface area (Å²) in [5.74, 6) is -0.444. The van der Waals surface area contributed by atoms with Crippen LogP contribution in [0.1, 0.15) is 20.9 Å². The van der Waals surface area contributed by atoms with Crippen molar-refractivity contribution in [3.63, 3.8) is 0 Å². The molecular formula is C11H11N3O2S. The number of nitrogens with one attached hydrogen (secondary N) is 2. The summed E-state index contributed by atoms with van der Waals surface area (Å²) in [5, 5.41) is 3.12. The zero-order chi connectivity index (χ0) is 12.4. The monoisotopic (exact) mass is 249 g/mol. The Morgan fingerprint density at radius 3 is 2.82 bits per heavy atom. The summed E-state index contributed by atoms with van der Waals surface area (Å²) >= 11 is 1.39. The highest BCUT2D eigenvalue weighted by Crippen LogP contribution is 2.21. The molecule has 0 radical (unpaired) electrons. The summed E-state index contributed by atoms with van der Waals surface area (Å²) in [6.45, 7) is 3.80. The lowest BCUT2D eigenvalue weighted by molar-refractivity contribution is 0.102. The van der Waals surface area contributed by atoms with Crippen LogP contribution in [-0.2, 0) is 0 Å². The number of carbonyl (C=O) groups excluding carboxylic acids is 1. The van der Waals surface area contributed by atoms with Crippen LogP contribution in [-0.4, -0.2) is 15.9 Å². The number of carbonyl (C=O) groups is 1. The van der Waals surface area contributed by atoms with Crippen molar-refractivity contribution in [3.05, 3.63) is 44.8 Å². The molecule has 2 rings (SSSR count). The molecule has 2 aromatic heterocycles. The van der Waals surface area contributed by atoms with Crippen LogP contribution >= 0.6 is 11.3 Å². The van der Waals surface area contributed by atoms with Gasteiger partial charge in [-0.3, -0.25) is 14.9 Å². The lowest BCUT2D eigenvalue weighted by Gasteiger charge is -1.99. The van der Waals surface area contributed by atoms with Crippen LogP contribution in [0.25, 0.3) is 0 Å².